The Morgan fingerprint density at radius 3 is 2.53 bits per heavy atom. The monoisotopic (exact) mass is 459 g/mol. The van der Waals surface area contributed by atoms with Gasteiger partial charge in [0.1, 0.15) is 0 Å². The highest BCUT2D eigenvalue weighted by molar-refractivity contribution is 7.80. The van der Waals surface area contributed by atoms with E-state index >= 15 is 0 Å². The molecule has 0 unspecified atom stereocenters. The fraction of sp³-hybridized carbons (Fsp3) is 0.160. The van der Waals surface area contributed by atoms with Crippen LogP contribution in [0.25, 0.3) is 5.69 Å². The number of thiocarbonyl (C=S) groups is 1. The van der Waals surface area contributed by atoms with Crippen molar-refractivity contribution in [3.8, 4) is 5.69 Å². The summed E-state index contributed by atoms with van der Waals surface area (Å²) in [6.07, 6.45) is 5.71. The van der Waals surface area contributed by atoms with Crippen LogP contribution >= 0.6 is 23.8 Å². The Hall–Kier alpha value is -3.22. The van der Waals surface area contributed by atoms with Crippen LogP contribution in [-0.4, -0.2) is 24.5 Å². The van der Waals surface area contributed by atoms with Crippen LogP contribution in [0.4, 0.5) is 0 Å². The van der Waals surface area contributed by atoms with Gasteiger partial charge in [-0.3, -0.25) is 9.97 Å². The Labute approximate surface area is 197 Å². The molecule has 0 saturated carbocycles. The molecule has 0 radical (unpaired) electrons. The molecule has 0 aliphatic carbocycles. The smallest absolute Gasteiger partial charge is 0.170 e. The minimum absolute atomic E-state index is 0.0645. The van der Waals surface area contributed by atoms with E-state index in [4.69, 9.17) is 23.8 Å². The Balaban J connectivity index is 1.61. The van der Waals surface area contributed by atoms with Crippen LogP contribution in [0.1, 0.15) is 34.7 Å². The largest absolute Gasteiger partial charge is 0.352 e. The standard InChI is InChI=1S/C25H22ClN5S/c1-17-15-19(10-11-20(17)26)30-14-6-9-22(30)24-23(21-8-3-5-13-28-21)29-25(32)31(24)16-18-7-2-4-12-27-18/h2-15,23-24H,16H2,1H3,(H,29,32)/t23-,24+/m1/s1. The summed E-state index contributed by atoms with van der Waals surface area (Å²) in [6.45, 7) is 2.62. The lowest BCUT2D eigenvalue weighted by Gasteiger charge is -2.28. The van der Waals surface area contributed by atoms with Gasteiger partial charge in [-0.25, -0.2) is 0 Å². The van der Waals surface area contributed by atoms with E-state index in [2.05, 4.69) is 49.1 Å². The second-order valence-electron chi connectivity index (χ2n) is 7.81. The molecule has 1 N–H and O–H groups in total. The van der Waals surface area contributed by atoms with Gasteiger partial charge in [-0.1, -0.05) is 23.7 Å². The maximum atomic E-state index is 6.28. The highest BCUT2D eigenvalue weighted by atomic mass is 35.5. The highest BCUT2D eigenvalue weighted by Crippen LogP contribution is 2.40. The lowest BCUT2D eigenvalue weighted by molar-refractivity contribution is 0.299. The summed E-state index contributed by atoms with van der Waals surface area (Å²) in [6, 6.07) is 22.1. The van der Waals surface area contributed by atoms with E-state index in [9.17, 15) is 0 Å². The molecule has 0 bridgehead atoms. The number of benzene rings is 1. The minimum atomic E-state index is -0.0885. The number of rotatable bonds is 5. The Kier molecular flexibility index (Phi) is 5.64. The van der Waals surface area contributed by atoms with Crippen LogP contribution in [0.15, 0.2) is 85.3 Å². The second kappa shape index (κ2) is 8.73. The van der Waals surface area contributed by atoms with E-state index in [1.165, 1.54) is 0 Å². The maximum Gasteiger partial charge on any atom is 0.170 e. The summed E-state index contributed by atoms with van der Waals surface area (Å²) in [5.74, 6) is 0. The van der Waals surface area contributed by atoms with Crippen molar-refractivity contribution >= 4 is 28.9 Å². The summed E-state index contributed by atoms with van der Waals surface area (Å²) in [5.41, 5.74) is 5.12. The van der Waals surface area contributed by atoms with E-state index in [0.29, 0.717) is 11.7 Å². The quantitative estimate of drug-likeness (QED) is 0.405. The van der Waals surface area contributed by atoms with Crippen molar-refractivity contribution in [3.63, 3.8) is 0 Å². The average Bonchev–Trinajstić information content (AvgIpc) is 3.42. The summed E-state index contributed by atoms with van der Waals surface area (Å²) < 4.78 is 2.20. The van der Waals surface area contributed by atoms with Crippen molar-refractivity contribution in [2.24, 2.45) is 0 Å². The van der Waals surface area contributed by atoms with Gasteiger partial charge in [0.2, 0.25) is 0 Å². The summed E-state index contributed by atoms with van der Waals surface area (Å²) in [7, 11) is 0. The molecular weight excluding hydrogens is 438 g/mol. The average molecular weight is 460 g/mol. The van der Waals surface area contributed by atoms with Crippen molar-refractivity contribution in [2.75, 3.05) is 0 Å². The van der Waals surface area contributed by atoms with Crippen molar-refractivity contribution < 1.29 is 0 Å². The third-order valence-electron chi connectivity index (χ3n) is 5.76. The Bertz CT molecular complexity index is 1240. The molecule has 1 aliphatic rings. The first-order valence-corrected chi connectivity index (χ1v) is 11.2. The molecule has 7 heteroatoms. The molecule has 1 aromatic carbocycles. The van der Waals surface area contributed by atoms with Gasteiger partial charge in [-0.2, -0.15) is 0 Å². The van der Waals surface area contributed by atoms with Gasteiger partial charge in [-0.15, -0.1) is 0 Å². The van der Waals surface area contributed by atoms with Crippen LogP contribution in [0.5, 0.6) is 0 Å². The lowest BCUT2D eigenvalue weighted by atomic mass is 10.0. The zero-order valence-corrected chi connectivity index (χ0v) is 19.1. The van der Waals surface area contributed by atoms with E-state index in [0.717, 1.165) is 33.4 Å². The van der Waals surface area contributed by atoms with Gasteiger partial charge in [0, 0.05) is 35.0 Å². The van der Waals surface area contributed by atoms with Gasteiger partial charge in [-0.05, 0) is 79.3 Å². The Morgan fingerprint density at radius 1 is 1.00 bits per heavy atom. The molecule has 32 heavy (non-hydrogen) atoms. The summed E-state index contributed by atoms with van der Waals surface area (Å²) in [5, 5.41) is 4.96. The summed E-state index contributed by atoms with van der Waals surface area (Å²) in [4.78, 5) is 11.4. The van der Waals surface area contributed by atoms with Crippen LogP contribution in [0.2, 0.25) is 5.02 Å². The number of hydrogen-bond acceptors (Lipinski definition) is 3. The number of halogens is 1. The normalized spacial score (nSPS) is 18.1. The first-order chi connectivity index (χ1) is 15.6. The SMILES string of the molecule is Cc1cc(-n2cccc2[C@H]2[C@@H](c3ccccn3)NC(=S)N2Cc2ccccn2)ccc1Cl. The van der Waals surface area contributed by atoms with Crippen molar-refractivity contribution in [1.29, 1.82) is 0 Å². The summed E-state index contributed by atoms with van der Waals surface area (Å²) >= 11 is 12.1. The van der Waals surface area contributed by atoms with Gasteiger partial charge in [0.25, 0.3) is 0 Å². The number of pyridine rings is 2. The zero-order chi connectivity index (χ0) is 22.1. The molecule has 4 aromatic rings. The number of aryl methyl sites for hydroxylation is 1. The molecule has 0 spiro atoms. The first kappa shape index (κ1) is 20.7. The molecule has 5 rings (SSSR count). The van der Waals surface area contributed by atoms with E-state index < -0.39 is 0 Å². The van der Waals surface area contributed by atoms with E-state index in [1.807, 2.05) is 67.8 Å². The first-order valence-electron chi connectivity index (χ1n) is 10.4. The number of nitrogens with zero attached hydrogens (tertiary/aromatic N) is 4. The molecule has 5 nitrogen and oxygen atoms in total. The Morgan fingerprint density at radius 2 is 1.81 bits per heavy atom. The van der Waals surface area contributed by atoms with Crippen LogP contribution in [0.3, 0.4) is 0 Å². The van der Waals surface area contributed by atoms with Crippen molar-refractivity contribution in [1.82, 2.24) is 24.8 Å². The predicted molar refractivity (Wildman–Crippen MR) is 131 cm³/mol. The van der Waals surface area contributed by atoms with Gasteiger partial charge >= 0.3 is 0 Å². The van der Waals surface area contributed by atoms with Gasteiger partial charge in [0.05, 0.1) is 30.0 Å². The lowest BCUT2D eigenvalue weighted by Crippen LogP contribution is -2.30. The molecule has 1 fully saturated rings. The number of hydrogen-bond donors (Lipinski definition) is 1. The minimum Gasteiger partial charge on any atom is -0.352 e. The van der Waals surface area contributed by atoms with E-state index in [-0.39, 0.29) is 12.1 Å². The molecule has 1 aliphatic heterocycles. The fourth-order valence-corrected chi connectivity index (χ4v) is 4.64. The topological polar surface area (TPSA) is 46.0 Å². The second-order valence-corrected chi connectivity index (χ2v) is 8.61. The van der Waals surface area contributed by atoms with Gasteiger partial charge in [0.15, 0.2) is 5.11 Å². The zero-order valence-electron chi connectivity index (χ0n) is 17.5. The van der Waals surface area contributed by atoms with Crippen molar-refractivity contribution in [3.05, 3.63) is 113 Å². The third-order valence-corrected chi connectivity index (χ3v) is 6.54. The third kappa shape index (κ3) is 3.87. The predicted octanol–water partition coefficient (Wildman–Crippen LogP) is 5.40. The van der Waals surface area contributed by atoms with Crippen LogP contribution < -0.4 is 5.32 Å². The van der Waals surface area contributed by atoms with E-state index in [1.54, 1.807) is 0 Å². The fourth-order valence-electron chi connectivity index (χ4n) is 4.21. The molecular formula is C25H22ClN5S. The molecule has 2 atom stereocenters. The molecule has 1 saturated heterocycles. The van der Waals surface area contributed by atoms with Gasteiger partial charge < -0.3 is 14.8 Å². The molecule has 160 valence electrons. The van der Waals surface area contributed by atoms with Crippen LogP contribution in [0, 0.1) is 6.92 Å². The van der Waals surface area contributed by atoms with Crippen molar-refractivity contribution in [2.45, 2.75) is 25.6 Å². The molecule has 0 amide bonds. The van der Waals surface area contributed by atoms with Crippen LogP contribution in [-0.2, 0) is 6.54 Å². The highest BCUT2D eigenvalue weighted by Gasteiger charge is 2.41. The maximum absolute atomic E-state index is 6.28. The number of aromatic nitrogens is 3. The molecule has 3 aromatic heterocycles. The molecule has 4 heterocycles. The number of nitrogens with one attached hydrogen (secondary N) is 1.